The molecule has 1 atom stereocenters. The molecule has 11 heteroatoms. The number of fused-ring (bicyclic) bond motifs is 2. The maximum absolute atomic E-state index is 13.6. The highest BCUT2D eigenvalue weighted by Gasteiger charge is 2.28. The number of ether oxygens (including phenoxy) is 1. The van der Waals surface area contributed by atoms with Crippen LogP contribution in [0, 0.1) is 13.8 Å². The lowest BCUT2D eigenvalue weighted by Crippen LogP contribution is -2.44. The minimum Gasteiger partial charge on any atom is -0.377 e. The quantitative estimate of drug-likeness (QED) is 0.363. The van der Waals surface area contributed by atoms with Gasteiger partial charge < -0.3 is 14.6 Å². The van der Waals surface area contributed by atoms with E-state index in [0.29, 0.717) is 42.5 Å². The standard InChI is InChI=1S/C24H23F2N7OS/c1-12-10-34-9-8-32(12)23-20-19(17(11-35-20)18-13(2)31-33(14(18)3)24(25)26)29-22(30-23)16-5-7-28-21-15(16)4-6-27-21/h4-7,11-12,24H,8-10H2,1-3H3,(H,27,28)/t12-/m1/s1. The number of H-pyrrole nitrogens is 1. The Kier molecular flexibility index (Phi) is 5.26. The summed E-state index contributed by atoms with van der Waals surface area (Å²) in [6.07, 6.45) is 3.57. The zero-order valence-electron chi connectivity index (χ0n) is 19.4. The number of halogens is 2. The molecule has 0 amide bonds. The maximum atomic E-state index is 13.6. The first-order valence-electron chi connectivity index (χ1n) is 11.3. The molecule has 0 aliphatic carbocycles. The van der Waals surface area contributed by atoms with Crippen molar-refractivity contribution >= 4 is 38.4 Å². The summed E-state index contributed by atoms with van der Waals surface area (Å²) in [6, 6.07) is 3.99. The third-order valence-corrected chi connectivity index (χ3v) is 7.48. The fraction of sp³-hybridized carbons (Fsp3) is 0.333. The first-order chi connectivity index (χ1) is 16.9. The van der Waals surface area contributed by atoms with Gasteiger partial charge in [0, 0.05) is 52.1 Å². The van der Waals surface area contributed by atoms with Gasteiger partial charge in [-0.1, -0.05) is 0 Å². The van der Waals surface area contributed by atoms with Crippen molar-refractivity contribution in [3.8, 4) is 22.5 Å². The lowest BCUT2D eigenvalue weighted by molar-refractivity contribution is 0.0542. The summed E-state index contributed by atoms with van der Waals surface area (Å²) in [5, 5.41) is 6.99. The molecule has 5 aromatic heterocycles. The molecule has 1 aliphatic rings. The van der Waals surface area contributed by atoms with Crippen LogP contribution in [-0.2, 0) is 4.74 Å². The Morgan fingerprint density at radius 2 is 2.06 bits per heavy atom. The third kappa shape index (κ3) is 3.49. The van der Waals surface area contributed by atoms with Crippen molar-refractivity contribution in [3.05, 3.63) is 41.3 Å². The minimum absolute atomic E-state index is 0.134. The minimum atomic E-state index is -2.71. The molecule has 5 aromatic rings. The van der Waals surface area contributed by atoms with Gasteiger partial charge in [-0.25, -0.2) is 19.6 Å². The smallest absolute Gasteiger partial charge is 0.333 e. The molecule has 6 heterocycles. The average molecular weight is 496 g/mol. The van der Waals surface area contributed by atoms with Gasteiger partial charge in [0.1, 0.15) is 5.65 Å². The summed E-state index contributed by atoms with van der Waals surface area (Å²) < 4.78 is 34.5. The highest BCUT2D eigenvalue weighted by atomic mass is 32.1. The molecular weight excluding hydrogens is 472 g/mol. The van der Waals surface area contributed by atoms with Gasteiger partial charge in [-0.15, -0.1) is 11.3 Å². The number of nitrogens with zero attached hydrogens (tertiary/aromatic N) is 6. The third-order valence-electron chi connectivity index (χ3n) is 6.52. The lowest BCUT2D eigenvalue weighted by atomic mass is 10.1. The fourth-order valence-electron chi connectivity index (χ4n) is 4.84. The number of morpholine rings is 1. The van der Waals surface area contributed by atoms with Crippen LogP contribution in [0.2, 0.25) is 0 Å². The molecule has 1 fully saturated rings. The second-order valence-electron chi connectivity index (χ2n) is 8.68. The van der Waals surface area contributed by atoms with E-state index in [2.05, 4.69) is 26.9 Å². The first-order valence-corrected chi connectivity index (χ1v) is 12.2. The SMILES string of the molecule is Cc1nn(C(F)F)c(C)c1-c1csc2c(N3CCOC[C@H]3C)nc(-c3ccnc4[nH]ccc34)nc12. The van der Waals surface area contributed by atoms with Gasteiger partial charge in [0.15, 0.2) is 11.6 Å². The molecule has 0 unspecified atom stereocenters. The van der Waals surface area contributed by atoms with Crippen LogP contribution in [0.5, 0.6) is 0 Å². The number of hydrogen-bond donors (Lipinski definition) is 1. The molecule has 180 valence electrons. The largest absolute Gasteiger partial charge is 0.377 e. The van der Waals surface area contributed by atoms with Crippen LogP contribution < -0.4 is 4.90 Å². The number of hydrogen-bond acceptors (Lipinski definition) is 7. The Balaban J connectivity index is 1.64. The topological polar surface area (TPSA) is 84.8 Å². The number of thiophene rings is 1. The highest BCUT2D eigenvalue weighted by molar-refractivity contribution is 7.18. The van der Waals surface area contributed by atoms with Crippen LogP contribution in [0.25, 0.3) is 43.8 Å². The fourth-order valence-corrected chi connectivity index (χ4v) is 5.84. The van der Waals surface area contributed by atoms with Crippen molar-refractivity contribution in [3.63, 3.8) is 0 Å². The molecule has 8 nitrogen and oxygen atoms in total. The highest BCUT2D eigenvalue weighted by Crippen LogP contribution is 2.42. The molecule has 6 rings (SSSR count). The summed E-state index contributed by atoms with van der Waals surface area (Å²) in [6.45, 7) is 4.75. The number of rotatable bonds is 4. The van der Waals surface area contributed by atoms with Crippen LogP contribution in [-0.4, -0.2) is 55.5 Å². The van der Waals surface area contributed by atoms with Crippen molar-refractivity contribution < 1.29 is 13.5 Å². The van der Waals surface area contributed by atoms with Gasteiger partial charge in [-0.2, -0.15) is 13.9 Å². The molecule has 0 bridgehead atoms. The van der Waals surface area contributed by atoms with Crippen molar-refractivity contribution in [1.29, 1.82) is 0 Å². The summed E-state index contributed by atoms with van der Waals surface area (Å²) in [5.41, 5.74) is 4.77. The number of nitrogens with one attached hydrogen (secondary N) is 1. The van der Waals surface area contributed by atoms with E-state index in [4.69, 9.17) is 14.7 Å². The van der Waals surface area contributed by atoms with Crippen LogP contribution in [0.3, 0.4) is 0 Å². The monoisotopic (exact) mass is 495 g/mol. The molecule has 0 spiro atoms. The molecule has 0 saturated carbocycles. The van der Waals surface area contributed by atoms with Crippen LogP contribution in [0.4, 0.5) is 14.6 Å². The van der Waals surface area contributed by atoms with Crippen molar-refractivity contribution in [1.82, 2.24) is 29.7 Å². The van der Waals surface area contributed by atoms with Gasteiger partial charge in [0.25, 0.3) is 0 Å². The maximum Gasteiger partial charge on any atom is 0.333 e. The number of alkyl halides is 2. The zero-order chi connectivity index (χ0) is 24.3. The summed E-state index contributed by atoms with van der Waals surface area (Å²) in [4.78, 5) is 19.8. The van der Waals surface area contributed by atoms with Crippen LogP contribution in [0.1, 0.15) is 24.9 Å². The van der Waals surface area contributed by atoms with E-state index in [9.17, 15) is 8.78 Å². The van der Waals surface area contributed by atoms with E-state index in [1.807, 2.05) is 23.7 Å². The van der Waals surface area contributed by atoms with E-state index in [0.717, 1.165) is 42.9 Å². The van der Waals surface area contributed by atoms with Crippen molar-refractivity contribution in [2.45, 2.75) is 33.4 Å². The van der Waals surface area contributed by atoms with E-state index in [1.54, 1.807) is 20.0 Å². The lowest BCUT2D eigenvalue weighted by Gasteiger charge is -2.34. The zero-order valence-corrected chi connectivity index (χ0v) is 20.2. The van der Waals surface area contributed by atoms with E-state index >= 15 is 0 Å². The number of anilines is 1. The molecule has 35 heavy (non-hydrogen) atoms. The second-order valence-corrected chi connectivity index (χ2v) is 9.56. The summed E-state index contributed by atoms with van der Waals surface area (Å²) >= 11 is 1.52. The Hall–Kier alpha value is -3.44. The van der Waals surface area contributed by atoms with Crippen LogP contribution in [0.15, 0.2) is 29.9 Å². The Bertz CT molecular complexity index is 1560. The van der Waals surface area contributed by atoms with Gasteiger partial charge in [0.05, 0.1) is 35.2 Å². The van der Waals surface area contributed by atoms with Crippen LogP contribution >= 0.6 is 11.3 Å². The van der Waals surface area contributed by atoms with Gasteiger partial charge >= 0.3 is 6.55 Å². The summed E-state index contributed by atoms with van der Waals surface area (Å²) in [5.74, 6) is 1.39. The Labute approximate surface area is 203 Å². The molecule has 0 aromatic carbocycles. The van der Waals surface area contributed by atoms with Crippen molar-refractivity contribution in [2.75, 3.05) is 24.7 Å². The molecule has 1 N–H and O–H groups in total. The Morgan fingerprint density at radius 1 is 1.20 bits per heavy atom. The Morgan fingerprint density at radius 3 is 2.83 bits per heavy atom. The number of aromatic amines is 1. The molecule has 1 saturated heterocycles. The normalized spacial score (nSPS) is 16.7. The van der Waals surface area contributed by atoms with Gasteiger partial charge in [-0.05, 0) is 32.9 Å². The first kappa shape index (κ1) is 22.1. The number of pyridine rings is 1. The van der Waals surface area contributed by atoms with E-state index < -0.39 is 6.55 Å². The van der Waals surface area contributed by atoms with Gasteiger partial charge in [-0.3, -0.25) is 0 Å². The number of aromatic nitrogens is 6. The number of aryl methyl sites for hydroxylation is 1. The average Bonchev–Trinajstić information content (AvgIpc) is 3.56. The molecule has 1 aliphatic heterocycles. The second kappa shape index (κ2) is 8.35. The predicted molar refractivity (Wildman–Crippen MR) is 132 cm³/mol. The summed E-state index contributed by atoms with van der Waals surface area (Å²) in [7, 11) is 0. The predicted octanol–water partition coefficient (Wildman–Crippen LogP) is 5.34. The van der Waals surface area contributed by atoms with E-state index in [-0.39, 0.29) is 6.04 Å². The van der Waals surface area contributed by atoms with E-state index in [1.165, 1.54) is 11.3 Å². The van der Waals surface area contributed by atoms with Crippen molar-refractivity contribution in [2.24, 2.45) is 0 Å². The molecular formula is C24H23F2N7OS. The molecule has 0 radical (unpaired) electrons. The van der Waals surface area contributed by atoms with Gasteiger partial charge in [0.2, 0.25) is 0 Å².